The molecule has 0 atom stereocenters. The monoisotopic (exact) mass is 714 g/mol. The second kappa shape index (κ2) is 12.1. The summed E-state index contributed by atoms with van der Waals surface area (Å²) >= 11 is 0. The standard InChI is InChI=1S/C52H34N4/c1-2-15-37(16-3-1)55-46-21-8-5-17-39(46)41-29-30-42-40-18-6-9-22-47(40)56(52(42)51(41)55)38-26-23-33(24-27-38)35-12-10-13-36(32-35)48-43-19-4-7-20-45(43)54-50-44(48)28-25-34-14-11-31-53-49(34)50/h2,4-32H,1,3H2. The second-order valence-corrected chi connectivity index (χ2v) is 14.8. The molecular formula is C52H34N4. The molecule has 4 nitrogen and oxygen atoms in total. The Morgan fingerprint density at radius 2 is 1.16 bits per heavy atom. The van der Waals surface area contributed by atoms with Gasteiger partial charge in [0.05, 0.1) is 38.6 Å². The van der Waals surface area contributed by atoms with Gasteiger partial charge in [0.25, 0.3) is 0 Å². The zero-order valence-corrected chi connectivity index (χ0v) is 30.5. The van der Waals surface area contributed by atoms with Gasteiger partial charge in [-0.2, -0.15) is 0 Å². The van der Waals surface area contributed by atoms with Gasteiger partial charge in [-0.15, -0.1) is 0 Å². The summed E-state index contributed by atoms with van der Waals surface area (Å²) < 4.78 is 4.96. The van der Waals surface area contributed by atoms with Crippen molar-refractivity contribution in [3.63, 3.8) is 0 Å². The van der Waals surface area contributed by atoms with Crippen LogP contribution in [0.5, 0.6) is 0 Å². The minimum atomic E-state index is 0.929. The lowest BCUT2D eigenvalue weighted by atomic mass is 9.93. The normalized spacial score (nSPS) is 13.2. The first kappa shape index (κ1) is 31.1. The smallest absolute Gasteiger partial charge is 0.0978 e. The van der Waals surface area contributed by atoms with Gasteiger partial charge in [0, 0.05) is 60.8 Å². The molecule has 0 amide bonds. The molecule has 7 aromatic carbocycles. The van der Waals surface area contributed by atoms with Crippen molar-refractivity contribution < 1.29 is 0 Å². The van der Waals surface area contributed by atoms with Crippen molar-refractivity contribution in [1.82, 2.24) is 19.1 Å². The lowest BCUT2D eigenvalue weighted by Gasteiger charge is -2.15. The summed E-state index contributed by atoms with van der Waals surface area (Å²) in [4.78, 5) is 9.91. The predicted molar refractivity (Wildman–Crippen MR) is 235 cm³/mol. The van der Waals surface area contributed by atoms with Crippen LogP contribution >= 0.6 is 0 Å². The van der Waals surface area contributed by atoms with Crippen molar-refractivity contribution in [2.45, 2.75) is 12.8 Å². The molecule has 1 aliphatic rings. The number of hydrogen-bond donors (Lipinski definition) is 0. The molecule has 0 N–H and O–H groups in total. The lowest BCUT2D eigenvalue weighted by Crippen LogP contribution is -2.00. The summed E-state index contributed by atoms with van der Waals surface area (Å²) in [5.74, 6) is 0. The number of pyridine rings is 2. The van der Waals surface area contributed by atoms with Crippen LogP contribution in [-0.2, 0) is 0 Å². The third-order valence-electron chi connectivity index (χ3n) is 11.7. The molecule has 0 unspecified atom stereocenters. The fourth-order valence-corrected chi connectivity index (χ4v) is 9.26. The average Bonchev–Trinajstić information content (AvgIpc) is 3.79. The van der Waals surface area contributed by atoms with E-state index in [-0.39, 0.29) is 0 Å². The molecule has 0 fully saturated rings. The Labute approximate surface area is 322 Å². The molecule has 1 aliphatic carbocycles. The summed E-state index contributed by atoms with van der Waals surface area (Å²) in [6.45, 7) is 0. The molecule has 0 aliphatic heterocycles. The van der Waals surface area contributed by atoms with Crippen LogP contribution in [0.4, 0.5) is 0 Å². The van der Waals surface area contributed by atoms with Gasteiger partial charge in [-0.25, -0.2) is 4.98 Å². The van der Waals surface area contributed by atoms with Crippen LogP contribution in [-0.4, -0.2) is 19.1 Å². The van der Waals surface area contributed by atoms with E-state index in [0.29, 0.717) is 0 Å². The maximum absolute atomic E-state index is 5.14. The number of fused-ring (bicyclic) bond motifs is 11. The van der Waals surface area contributed by atoms with Gasteiger partial charge < -0.3 is 9.13 Å². The van der Waals surface area contributed by atoms with Crippen molar-refractivity contribution >= 4 is 82.0 Å². The molecule has 12 rings (SSSR count). The van der Waals surface area contributed by atoms with E-state index in [1.54, 1.807) is 0 Å². The average molecular weight is 715 g/mol. The topological polar surface area (TPSA) is 35.6 Å². The first-order chi connectivity index (χ1) is 27.8. The molecule has 11 aromatic rings. The Kier molecular flexibility index (Phi) is 6.72. The van der Waals surface area contributed by atoms with Crippen molar-refractivity contribution in [3.05, 3.63) is 182 Å². The third-order valence-corrected chi connectivity index (χ3v) is 11.7. The zero-order chi connectivity index (χ0) is 36.7. The number of allylic oxidation sites excluding steroid dienone is 4. The maximum Gasteiger partial charge on any atom is 0.0978 e. The van der Waals surface area contributed by atoms with E-state index >= 15 is 0 Å². The first-order valence-corrected chi connectivity index (χ1v) is 19.4. The van der Waals surface area contributed by atoms with Crippen molar-refractivity contribution in [1.29, 1.82) is 0 Å². The van der Waals surface area contributed by atoms with Crippen molar-refractivity contribution in [2.75, 3.05) is 0 Å². The minimum Gasteiger partial charge on any atom is -0.308 e. The van der Waals surface area contributed by atoms with Crippen LogP contribution in [0.3, 0.4) is 0 Å². The number of benzene rings is 7. The molecule has 0 radical (unpaired) electrons. The fraction of sp³-hybridized carbons (Fsp3) is 0.0385. The molecule has 4 aromatic heterocycles. The first-order valence-electron chi connectivity index (χ1n) is 19.4. The lowest BCUT2D eigenvalue weighted by molar-refractivity contribution is 1.02. The third kappa shape index (κ3) is 4.53. The minimum absolute atomic E-state index is 0.929. The quantitative estimate of drug-likeness (QED) is 0.134. The molecule has 4 heterocycles. The number of rotatable bonds is 4. The predicted octanol–water partition coefficient (Wildman–Crippen LogP) is 13.7. The molecule has 0 saturated carbocycles. The number of hydrogen-bond acceptors (Lipinski definition) is 2. The summed E-state index contributed by atoms with van der Waals surface area (Å²) in [5, 5.41) is 8.39. The van der Waals surface area contributed by atoms with Gasteiger partial charge in [-0.3, -0.25) is 4.98 Å². The Balaban J connectivity index is 1.05. The van der Waals surface area contributed by atoms with Crippen LogP contribution in [0.25, 0.3) is 110 Å². The van der Waals surface area contributed by atoms with Gasteiger partial charge in [-0.05, 0) is 78.1 Å². The Morgan fingerprint density at radius 3 is 1.95 bits per heavy atom. The summed E-state index contributed by atoms with van der Waals surface area (Å²) in [6.07, 6.45) is 11.0. The highest BCUT2D eigenvalue weighted by molar-refractivity contribution is 6.24. The Morgan fingerprint density at radius 1 is 0.464 bits per heavy atom. The summed E-state index contributed by atoms with van der Waals surface area (Å²) in [5.41, 5.74) is 14.8. The summed E-state index contributed by atoms with van der Waals surface area (Å²) in [6, 6.07) is 57.3. The molecule has 262 valence electrons. The molecule has 56 heavy (non-hydrogen) atoms. The van der Waals surface area contributed by atoms with Gasteiger partial charge >= 0.3 is 0 Å². The van der Waals surface area contributed by atoms with E-state index in [2.05, 4.69) is 179 Å². The molecule has 0 bridgehead atoms. The van der Waals surface area contributed by atoms with Crippen LogP contribution in [0, 0.1) is 0 Å². The van der Waals surface area contributed by atoms with E-state index in [1.807, 2.05) is 12.3 Å². The van der Waals surface area contributed by atoms with Gasteiger partial charge in [-0.1, -0.05) is 127 Å². The van der Waals surface area contributed by atoms with Gasteiger partial charge in [0.15, 0.2) is 0 Å². The maximum atomic E-state index is 5.14. The van der Waals surface area contributed by atoms with Crippen LogP contribution in [0.2, 0.25) is 0 Å². The highest BCUT2D eigenvalue weighted by atomic mass is 15.0. The molecule has 0 saturated heterocycles. The van der Waals surface area contributed by atoms with Crippen molar-refractivity contribution in [2.24, 2.45) is 0 Å². The van der Waals surface area contributed by atoms with E-state index in [0.717, 1.165) is 56.8 Å². The number of para-hydroxylation sites is 3. The SMILES string of the molecule is C1=CC(n2c3ccccc3c3ccc4c5ccccc5n(-c5ccc(-c6cccc(-c7c8ccccc8nc8c7ccc7cccnc78)c6)cc5)c4c32)=CCC1. The van der Waals surface area contributed by atoms with Crippen LogP contribution in [0.1, 0.15) is 12.8 Å². The van der Waals surface area contributed by atoms with Crippen LogP contribution < -0.4 is 0 Å². The zero-order valence-electron chi connectivity index (χ0n) is 30.5. The number of aromatic nitrogens is 4. The second-order valence-electron chi connectivity index (χ2n) is 14.8. The number of nitrogens with zero attached hydrogens (tertiary/aromatic N) is 4. The molecule has 0 spiro atoms. The highest BCUT2D eigenvalue weighted by Gasteiger charge is 2.22. The Hall–Kier alpha value is -7.30. The van der Waals surface area contributed by atoms with E-state index in [1.165, 1.54) is 66.0 Å². The van der Waals surface area contributed by atoms with Gasteiger partial charge in [0.2, 0.25) is 0 Å². The fourth-order valence-electron chi connectivity index (χ4n) is 9.26. The largest absolute Gasteiger partial charge is 0.308 e. The van der Waals surface area contributed by atoms with E-state index in [4.69, 9.17) is 9.97 Å². The van der Waals surface area contributed by atoms with Crippen molar-refractivity contribution in [3.8, 4) is 27.9 Å². The highest BCUT2D eigenvalue weighted by Crippen LogP contribution is 2.43. The molecule has 4 heteroatoms. The molecular weight excluding hydrogens is 681 g/mol. The van der Waals surface area contributed by atoms with E-state index < -0.39 is 0 Å². The summed E-state index contributed by atoms with van der Waals surface area (Å²) in [7, 11) is 0. The van der Waals surface area contributed by atoms with E-state index in [9.17, 15) is 0 Å². The Bertz CT molecular complexity index is 3470. The van der Waals surface area contributed by atoms with Crippen LogP contribution in [0.15, 0.2) is 182 Å². The van der Waals surface area contributed by atoms with Gasteiger partial charge in [0.1, 0.15) is 0 Å².